The van der Waals surface area contributed by atoms with E-state index in [9.17, 15) is 14.4 Å². The molecule has 1 atom stereocenters. The minimum atomic E-state index is -0.455. The molecule has 0 radical (unpaired) electrons. The Morgan fingerprint density at radius 1 is 1.27 bits per heavy atom. The summed E-state index contributed by atoms with van der Waals surface area (Å²) >= 11 is 0. The van der Waals surface area contributed by atoms with E-state index in [0.29, 0.717) is 31.7 Å². The van der Waals surface area contributed by atoms with Crippen molar-refractivity contribution in [3.8, 4) is 0 Å². The molecule has 0 saturated carbocycles. The van der Waals surface area contributed by atoms with Gasteiger partial charge in [0, 0.05) is 37.7 Å². The molecule has 0 aliphatic carbocycles. The highest BCUT2D eigenvalue weighted by atomic mass is 16.5. The molecule has 1 aromatic heterocycles. The molecule has 2 amide bonds. The number of esters is 1. The van der Waals surface area contributed by atoms with Gasteiger partial charge in [-0.15, -0.1) is 0 Å². The van der Waals surface area contributed by atoms with Crippen LogP contribution < -0.4 is 0 Å². The Hall–Kier alpha value is -2.38. The number of fused-ring (bicyclic) bond motifs is 1. The fraction of sp³-hybridized carbons (Fsp3) is 0.667. The van der Waals surface area contributed by atoms with Gasteiger partial charge in [-0.3, -0.25) is 14.3 Å². The summed E-state index contributed by atoms with van der Waals surface area (Å²) in [5.74, 6) is -0.737. The molecule has 0 spiro atoms. The minimum absolute atomic E-state index is 0.00318. The molecule has 2 aliphatic heterocycles. The third kappa shape index (κ3) is 3.08. The molecule has 0 aromatic carbocycles. The van der Waals surface area contributed by atoms with Crippen LogP contribution in [0, 0.1) is 5.92 Å². The molecule has 0 bridgehead atoms. The first-order valence-electron chi connectivity index (χ1n) is 8.85. The number of carbonyl (C=O) groups is 3. The summed E-state index contributed by atoms with van der Waals surface area (Å²) in [6, 6.07) is 0. The van der Waals surface area contributed by atoms with Crippen molar-refractivity contribution in [2.45, 2.75) is 45.7 Å². The largest absolute Gasteiger partial charge is 0.464 e. The summed E-state index contributed by atoms with van der Waals surface area (Å²) in [5.41, 5.74) is 1.75. The fourth-order valence-corrected chi connectivity index (χ4v) is 3.80. The normalized spacial score (nSPS) is 20.3. The van der Waals surface area contributed by atoms with Crippen LogP contribution in [0.3, 0.4) is 0 Å². The highest BCUT2D eigenvalue weighted by molar-refractivity contribution is 5.91. The maximum atomic E-state index is 13.0. The number of rotatable bonds is 2. The standard InChI is InChI=1S/C18H26N4O4/c1-18(2,3)22-9-11(8-14(22)23)16(24)21-7-6-12-13(10-21)20(4)19-15(12)17(25)26-5/h11H,6-10H2,1-5H3. The number of amides is 2. The second-order valence-electron chi connectivity index (χ2n) is 7.98. The third-order valence-electron chi connectivity index (χ3n) is 5.22. The Kier molecular flexibility index (Phi) is 4.54. The Morgan fingerprint density at radius 2 is 1.96 bits per heavy atom. The van der Waals surface area contributed by atoms with Crippen molar-refractivity contribution < 1.29 is 19.1 Å². The first kappa shape index (κ1) is 18.4. The topological polar surface area (TPSA) is 84.7 Å². The molecule has 8 nitrogen and oxygen atoms in total. The van der Waals surface area contributed by atoms with E-state index in [1.165, 1.54) is 7.11 Å². The predicted molar refractivity (Wildman–Crippen MR) is 93.2 cm³/mol. The average Bonchev–Trinajstić information content (AvgIpc) is 3.14. The van der Waals surface area contributed by atoms with Crippen LogP contribution in [-0.2, 0) is 34.3 Å². The molecule has 8 heteroatoms. The lowest BCUT2D eigenvalue weighted by molar-refractivity contribution is -0.136. The lowest BCUT2D eigenvalue weighted by Crippen LogP contribution is -2.44. The number of carbonyl (C=O) groups excluding carboxylic acids is 3. The number of aryl methyl sites for hydroxylation is 1. The second-order valence-corrected chi connectivity index (χ2v) is 7.98. The molecule has 1 fully saturated rings. The lowest BCUT2D eigenvalue weighted by atomic mass is 10.0. The van der Waals surface area contributed by atoms with Gasteiger partial charge in [0.15, 0.2) is 5.69 Å². The van der Waals surface area contributed by atoms with Gasteiger partial charge in [-0.25, -0.2) is 4.79 Å². The zero-order valence-corrected chi connectivity index (χ0v) is 16.0. The molecule has 3 rings (SSSR count). The zero-order chi connectivity index (χ0) is 19.2. The van der Waals surface area contributed by atoms with Gasteiger partial charge in [0.2, 0.25) is 11.8 Å². The Balaban J connectivity index is 1.75. The minimum Gasteiger partial charge on any atom is -0.464 e. The van der Waals surface area contributed by atoms with Gasteiger partial charge >= 0.3 is 5.97 Å². The van der Waals surface area contributed by atoms with E-state index in [2.05, 4.69) is 5.10 Å². The van der Waals surface area contributed by atoms with Crippen LogP contribution in [0.1, 0.15) is 48.9 Å². The summed E-state index contributed by atoms with van der Waals surface area (Å²) in [6.45, 7) is 7.32. The maximum Gasteiger partial charge on any atom is 0.358 e. The molecule has 2 aliphatic rings. The van der Waals surface area contributed by atoms with Crippen molar-refractivity contribution in [2.75, 3.05) is 20.2 Å². The summed E-state index contributed by atoms with van der Waals surface area (Å²) < 4.78 is 6.43. The van der Waals surface area contributed by atoms with Crippen LogP contribution in [0.25, 0.3) is 0 Å². The average molecular weight is 362 g/mol. The van der Waals surface area contributed by atoms with Crippen molar-refractivity contribution in [3.05, 3.63) is 17.0 Å². The number of likely N-dealkylation sites (tertiary alicyclic amines) is 1. The smallest absolute Gasteiger partial charge is 0.358 e. The highest BCUT2D eigenvalue weighted by Gasteiger charge is 2.41. The number of hydrogen-bond donors (Lipinski definition) is 0. The van der Waals surface area contributed by atoms with E-state index in [1.54, 1.807) is 21.5 Å². The molecule has 26 heavy (non-hydrogen) atoms. The molecule has 1 saturated heterocycles. The molecular weight excluding hydrogens is 336 g/mol. The highest BCUT2D eigenvalue weighted by Crippen LogP contribution is 2.29. The van der Waals surface area contributed by atoms with Crippen molar-refractivity contribution >= 4 is 17.8 Å². The Morgan fingerprint density at radius 3 is 2.54 bits per heavy atom. The van der Waals surface area contributed by atoms with Gasteiger partial charge in [-0.05, 0) is 27.2 Å². The Labute approximate surface area is 153 Å². The quantitative estimate of drug-likeness (QED) is 0.725. The SMILES string of the molecule is COC(=O)c1nn(C)c2c1CCN(C(=O)C1CC(=O)N(C(C)(C)C)C1)C2. The van der Waals surface area contributed by atoms with Gasteiger partial charge in [0.1, 0.15) is 0 Å². The van der Waals surface area contributed by atoms with Crippen molar-refractivity contribution in [3.63, 3.8) is 0 Å². The van der Waals surface area contributed by atoms with Crippen LogP contribution in [0.2, 0.25) is 0 Å². The molecule has 142 valence electrons. The van der Waals surface area contributed by atoms with Crippen LogP contribution in [-0.4, -0.2) is 63.1 Å². The van der Waals surface area contributed by atoms with E-state index >= 15 is 0 Å². The molecular formula is C18H26N4O4. The van der Waals surface area contributed by atoms with E-state index in [1.807, 2.05) is 20.8 Å². The van der Waals surface area contributed by atoms with Gasteiger partial charge in [-0.2, -0.15) is 5.10 Å². The summed E-state index contributed by atoms with van der Waals surface area (Å²) in [5, 5.41) is 4.25. The van der Waals surface area contributed by atoms with Gasteiger partial charge in [-0.1, -0.05) is 0 Å². The number of nitrogens with zero attached hydrogens (tertiary/aromatic N) is 4. The first-order valence-corrected chi connectivity index (χ1v) is 8.85. The van der Waals surface area contributed by atoms with Gasteiger partial charge in [0.05, 0.1) is 25.3 Å². The maximum absolute atomic E-state index is 13.0. The molecule has 1 unspecified atom stereocenters. The van der Waals surface area contributed by atoms with Crippen molar-refractivity contribution in [1.82, 2.24) is 19.6 Å². The van der Waals surface area contributed by atoms with Crippen LogP contribution in [0.5, 0.6) is 0 Å². The summed E-state index contributed by atoms with van der Waals surface area (Å²) in [4.78, 5) is 40.7. The predicted octanol–water partition coefficient (Wildman–Crippen LogP) is 0.738. The number of hydrogen-bond acceptors (Lipinski definition) is 5. The number of aromatic nitrogens is 2. The molecule has 0 N–H and O–H groups in total. The molecule has 1 aromatic rings. The van der Waals surface area contributed by atoms with E-state index in [0.717, 1.165) is 11.3 Å². The van der Waals surface area contributed by atoms with Gasteiger partial charge < -0.3 is 14.5 Å². The second kappa shape index (κ2) is 6.41. The fourth-order valence-electron chi connectivity index (χ4n) is 3.80. The molecule has 3 heterocycles. The third-order valence-corrected chi connectivity index (χ3v) is 5.22. The summed E-state index contributed by atoms with van der Waals surface area (Å²) in [7, 11) is 3.10. The lowest BCUT2D eigenvalue weighted by Gasteiger charge is -2.33. The zero-order valence-electron chi connectivity index (χ0n) is 16.0. The van der Waals surface area contributed by atoms with Gasteiger partial charge in [0.25, 0.3) is 0 Å². The monoisotopic (exact) mass is 362 g/mol. The summed E-state index contributed by atoms with van der Waals surface area (Å²) in [6.07, 6.45) is 0.821. The number of methoxy groups -OCH3 is 1. The number of ether oxygens (including phenoxy) is 1. The first-order chi connectivity index (χ1) is 12.1. The van der Waals surface area contributed by atoms with E-state index in [-0.39, 0.29) is 29.7 Å². The Bertz CT molecular complexity index is 762. The van der Waals surface area contributed by atoms with Crippen molar-refractivity contribution in [2.24, 2.45) is 13.0 Å². The van der Waals surface area contributed by atoms with E-state index < -0.39 is 5.97 Å². The van der Waals surface area contributed by atoms with E-state index in [4.69, 9.17) is 4.74 Å². The van der Waals surface area contributed by atoms with Crippen LogP contribution >= 0.6 is 0 Å². The van der Waals surface area contributed by atoms with Crippen LogP contribution in [0.4, 0.5) is 0 Å². The van der Waals surface area contributed by atoms with Crippen LogP contribution in [0.15, 0.2) is 0 Å². The van der Waals surface area contributed by atoms with Crippen molar-refractivity contribution in [1.29, 1.82) is 0 Å².